The maximum atomic E-state index is 14.7. The van der Waals surface area contributed by atoms with Crippen LogP contribution < -0.4 is 5.32 Å². The Kier molecular flexibility index (Phi) is 5.43. The first-order valence-corrected chi connectivity index (χ1v) is 10.9. The lowest BCUT2D eigenvalue weighted by atomic mass is 9.96. The number of anilines is 1. The van der Waals surface area contributed by atoms with Gasteiger partial charge < -0.3 is 10.2 Å². The third kappa shape index (κ3) is 3.93. The van der Waals surface area contributed by atoms with E-state index in [1.54, 1.807) is 12.1 Å². The number of nitrogens with zero attached hydrogens (tertiary/aromatic N) is 2. The topological polar surface area (TPSA) is 35.6 Å². The molecule has 0 spiro atoms. The van der Waals surface area contributed by atoms with Gasteiger partial charge in [0.2, 0.25) is 0 Å². The van der Waals surface area contributed by atoms with Crippen molar-refractivity contribution >= 4 is 11.6 Å². The molecule has 5 heteroatoms. The monoisotopic (exact) mass is 415 g/mol. The van der Waals surface area contributed by atoms with Gasteiger partial charge in [-0.1, -0.05) is 60.7 Å². The van der Waals surface area contributed by atoms with Crippen LogP contribution in [0.4, 0.5) is 10.1 Å². The van der Waals surface area contributed by atoms with Crippen molar-refractivity contribution < 1.29 is 9.18 Å². The molecular formula is C26H26FN3O. The van der Waals surface area contributed by atoms with Gasteiger partial charge >= 0.3 is 0 Å². The van der Waals surface area contributed by atoms with Gasteiger partial charge in [-0.15, -0.1) is 0 Å². The fourth-order valence-corrected chi connectivity index (χ4v) is 4.77. The molecule has 1 saturated heterocycles. The Hall–Kier alpha value is -3.18. The second-order valence-corrected chi connectivity index (χ2v) is 8.32. The third-order valence-electron chi connectivity index (χ3n) is 6.36. The van der Waals surface area contributed by atoms with E-state index in [2.05, 4.69) is 34.5 Å². The average molecular weight is 416 g/mol. The number of amides is 1. The number of rotatable bonds is 4. The van der Waals surface area contributed by atoms with Crippen molar-refractivity contribution in [2.75, 3.05) is 18.4 Å². The van der Waals surface area contributed by atoms with E-state index in [-0.39, 0.29) is 17.8 Å². The van der Waals surface area contributed by atoms with Crippen LogP contribution in [-0.2, 0) is 6.54 Å². The van der Waals surface area contributed by atoms with Crippen molar-refractivity contribution in [3.8, 4) is 0 Å². The second kappa shape index (κ2) is 8.52. The van der Waals surface area contributed by atoms with Crippen molar-refractivity contribution in [3.63, 3.8) is 0 Å². The van der Waals surface area contributed by atoms with Gasteiger partial charge in [-0.25, -0.2) is 4.39 Å². The van der Waals surface area contributed by atoms with E-state index in [1.807, 2.05) is 41.3 Å². The van der Waals surface area contributed by atoms with E-state index in [4.69, 9.17) is 0 Å². The fourth-order valence-electron chi connectivity index (χ4n) is 4.77. The van der Waals surface area contributed by atoms with Gasteiger partial charge in [0, 0.05) is 36.9 Å². The van der Waals surface area contributed by atoms with Crippen molar-refractivity contribution in [2.24, 2.45) is 0 Å². The van der Waals surface area contributed by atoms with Crippen LogP contribution in [0.5, 0.6) is 0 Å². The number of carbonyl (C=O) groups is 1. The molecule has 1 fully saturated rings. The van der Waals surface area contributed by atoms with Gasteiger partial charge in [-0.05, 0) is 36.6 Å². The number of benzene rings is 3. The van der Waals surface area contributed by atoms with Crippen molar-refractivity contribution in [2.45, 2.75) is 31.6 Å². The fraction of sp³-hybridized carbons (Fsp3) is 0.269. The standard InChI is InChI=1S/C26H26FN3O/c27-23-12-6-4-10-21(23)25-28-24-13-7-5-11-22(24)26(31)30(25)20-14-16-29(17-15-20)18-19-8-2-1-3-9-19/h1-13,20,25,28H,14-18H2. The Labute approximate surface area is 182 Å². The first kappa shape index (κ1) is 19.8. The highest BCUT2D eigenvalue weighted by Crippen LogP contribution is 2.37. The van der Waals surface area contributed by atoms with Crippen LogP contribution >= 0.6 is 0 Å². The Morgan fingerprint density at radius 2 is 1.55 bits per heavy atom. The highest BCUT2D eigenvalue weighted by atomic mass is 19.1. The largest absolute Gasteiger partial charge is 0.361 e. The average Bonchev–Trinajstić information content (AvgIpc) is 2.81. The molecule has 5 rings (SSSR count). The first-order chi connectivity index (χ1) is 15.2. The second-order valence-electron chi connectivity index (χ2n) is 8.32. The van der Waals surface area contributed by atoms with Crippen molar-refractivity contribution in [1.82, 2.24) is 9.80 Å². The summed E-state index contributed by atoms with van der Waals surface area (Å²) in [6.45, 7) is 2.74. The zero-order valence-electron chi connectivity index (χ0n) is 17.4. The number of hydrogen-bond donors (Lipinski definition) is 1. The number of likely N-dealkylation sites (tertiary alicyclic amines) is 1. The lowest BCUT2D eigenvalue weighted by molar-refractivity contribution is 0.0440. The minimum absolute atomic E-state index is 0.0240. The summed E-state index contributed by atoms with van der Waals surface area (Å²) in [6.07, 6.45) is 1.23. The SMILES string of the molecule is O=C1c2ccccc2NC(c2ccccc2F)N1C1CCN(Cc2ccccc2)CC1. The van der Waals surface area contributed by atoms with E-state index in [0.29, 0.717) is 11.1 Å². The maximum Gasteiger partial charge on any atom is 0.258 e. The van der Waals surface area contributed by atoms with Crippen molar-refractivity contribution in [3.05, 3.63) is 101 Å². The molecule has 3 aromatic rings. The minimum Gasteiger partial charge on any atom is -0.361 e. The van der Waals surface area contributed by atoms with Crippen molar-refractivity contribution in [1.29, 1.82) is 0 Å². The van der Waals surface area contributed by atoms with Crippen LogP contribution in [0.1, 0.15) is 40.5 Å². The molecule has 2 aliphatic rings. The highest BCUT2D eigenvalue weighted by Gasteiger charge is 2.39. The summed E-state index contributed by atoms with van der Waals surface area (Å²) in [4.78, 5) is 17.8. The molecule has 158 valence electrons. The Morgan fingerprint density at radius 1 is 0.871 bits per heavy atom. The van der Waals surface area contributed by atoms with Gasteiger partial charge in [0.25, 0.3) is 5.91 Å². The van der Waals surface area contributed by atoms with Crippen LogP contribution in [0, 0.1) is 5.82 Å². The molecular weight excluding hydrogens is 389 g/mol. The van der Waals surface area contributed by atoms with Gasteiger partial charge in [0.15, 0.2) is 0 Å². The normalized spacial score (nSPS) is 19.7. The number of halogens is 1. The van der Waals surface area contributed by atoms with E-state index >= 15 is 0 Å². The summed E-state index contributed by atoms with van der Waals surface area (Å²) in [7, 11) is 0. The number of hydrogen-bond acceptors (Lipinski definition) is 3. The number of piperidine rings is 1. The van der Waals surface area contributed by atoms with Crippen LogP contribution in [0.2, 0.25) is 0 Å². The van der Waals surface area contributed by atoms with E-state index < -0.39 is 6.17 Å². The molecule has 4 nitrogen and oxygen atoms in total. The molecule has 2 heterocycles. The van der Waals surface area contributed by atoms with E-state index in [1.165, 1.54) is 11.6 Å². The molecule has 1 N–H and O–H groups in total. The number of carbonyl (C=O) groups excluding carboxylic acids is 1. The quantitative estimate of drug-likeness (QED) is 0.647. The van der Waals surface area contributed by atoms with E-state index in [9.17, 15) is 9.18 Å². The number of nitrogens with one attached hydrogen (secondary N) is 1. The lowest BCUT2D eigenvalue weighted by Crippen LogP contribution is -2.52. The molecule has 0 saturated carbocycles. The minimum atomic E-state index is -0.505. The molecule has 1 atom stereocenters. The Balaban J connectivity index is 1.39. The van der Waals surface area contributed by atoms with Crippen LogP contribution in [0.15, 0.2) is 78.9 Å². The maximum absolute atomic E-state index is 14.7. The Morgan fingerprint density at radius 3 is 2.32 bits per heavy atom. The van der Waals surface area contributed by atoms with Crippen LogP contribution in [0.3, 0.4) is 0 Å². The zero-order valence-corrected chi connectivity index (χ0v) is 17.4. The first-order valence-electron chi connectivity index (χ1n) is 10.9. The summed E-state index contributed by atoms with van der Waals surface area (Å²) in [5.41, 5.74) is 3.23. The molecule has 0 aromatic heterocycles. The summed E-state index contributed by atoms with van der Waals surface area (Å²) >= 11 is 0. The molecule has 1 amide bonds. The molecule has 2 aliphatic heterocycles. The lowest BCUT2D eigenvalue weighted by Gasteiger charge is -2.45. The number of fused-ring (bicyclic) bond motifs is 1. The van der Waals surface area contributed by atoms with E-state index in [0.717, 1.165) is 38.2 Å². The van der Waals surface area contributed by atoms with Gasteiger partial charge in [-0.2, -0.15) is 0 Å². The molecule has 0 radical (unpaired) electrons. The summed E-state index contributed by atoms with van der Waals surface area (Å²) in [5, 5.41) is 3.43. The number of para-hydroxylation sites is 1. The molecule has 1 unspecified atom stereocenters. The molecule has 0 aliphatic carbocycles. The third-order valence-corrected chi connectivity index (χ3v) is 6.36. The van der Waals surface area contributed by atoms with Gasteiger partial charge in [0.05, 0.1) is 5.56 Å². The predicted molar refractivity (Wildman–Crippen MR) is 120 cm³/mol. The van der Waals surface area contributed by atoms with Gasteiger partial charge in [-0.3, -0.25) is 9.69 Å². The molecule has 0 bridgehead atoms. The smallest absolute Gasteiger partial charge is 0.258 e. The zero-order chi connectivity index (χ0) is 21.2. The Bertz CT molecular complexity index is 1060. The molecule has 3 aromatic carbocycles. The van der Waals surface area contributed by atoms with Crippen LogP contribution in [-0.4, -0.2) is 34.8 Å². The summed E-state index contributed by atoms with van der Waals surface area (Å²) in [5.74, 6) is -0.317. The summed E-state index contributed by atoms with van der Waals surface area (Å²) in [6, 6.07) is 24.8. The van der Waals surface area contributed by atoms with Crippen LogP contribution in [0.25, 0.3) is 0 Å². The summed E-state index contributed by atoms with van der Waals surface area (Å²) < 4.78 is 14.7. The predicted octanol–water partition coefficient (Wildman–Crippen LogP) is 5.06. The highest BCUT2D eigenvalue weighted by molar-refractivity contribution is 6.01. The van der Waals surface area contributed by atoms with Gasteiger partial charge in [0.1, 0.15) is 12.0 Å². The molecule has 31 heavy (non-hydrogen) atoms.